The number of non-ortho nitro benzene ring substituents is 1. The number of nitrogens with zero attached hydrogens (tertiary/aromatic N) is 2. The van der Waals surface area contributed by atoms with Crippen molar-refractivity contribution in [2.45, 2.75) is 25.7 Å². The quantitative estimate of drug-likeness (QED) is 0.382. The van der Waals surface area contributed by atoms with Crippen LogP contribution in [0.2, 0.25) is 0 Å². The molecule has 3 N–H and O–H groups in total. The highest BCUT2D eigenvalue weighted by atomic mass is 16.6. The highest BCUT2D eigenvalue weighted by Gasteiger charge is 2.11. The second-order valence-corrected chi connectivity index (χ2v) is 5.91. The highest BCUT2D eigenvalue weighted by Crippen LogP contribution is 2.24. The van der Waals surface area contributed by atoms with Crippen LogP contribution in [-0.2, 0) is 19.3 Å². The molecule has 24 heavy (non-hydrogen) atoms. The van der Waals surface area contributed by atoms with Gasteiger partial charge in [-0.2, -0.15) is 0 Å². The Balaban J connectivity index is 1.56. The number of anilines is 1. The Morgan fingerprint density at radius 3 is 2.88 bits per heavy atom. The normalized spacial score (nSPS) is 13.6. The second kappa shape index (κ2) is 7.12. The van der Waals surface area contributed by atoms with Crippen molar-refractivity contribution >= 4 is 17.3 Å². The molecule has 0 aliphatic heterocycles. The molecule has 0 spiro atoms. The molecule has 0 bridgehead atoms. The third-order valence-electron chi connectivity index (χ3n) is 4.17. The molecule has 0 aromatic heterocycles. The molecule has 1 aliphatic carbocycles. The van der Waals surface area contributed by atoms with Gasteiger partial charge in [0.05, 0.1) is 4.92 Å². The topological polar surface area (TPSA) is 93.5 Å². The van der Waals surface area contributed by atoms with Crippen LogP contribution in [0.1, 0.15) is 23.1 Å². The lowest BCUT2D eigenvalue weighted by molar-refractivity contribution is -0.384. The van der Waals surface area contributed by atoms with Crippen molar-refractivity contribution in [3.05, 3.63) is 69.3 Å². The van der Waals surface area contributed by atoms with E-state index in [0.717, 1.165) is 24.1 Å². The van der Waals surface area contributed by atoms with Crippen molar-refractivity contribution in [3.8, 4) is 0 Å². The number of hydrogen-bond donors (Lipinski definition) is 2. The first-order valence-electron chi connectivity index (χ1n) is 8.04. The molecule has 3 rings (SSSR count). The zero-order valence-corrected chi connectivity index (χ0v) is 13.4. The van der Waals surface area contributed by atoms with E-state index >= 15 is 0 Å². The number of rotatable bonds is 5. The van der Waals surface area contributed by atoms with Crippen molar-refractivity contribution < 1.29 is 4.92 Å². The first-order valence-corrected chi connectivity index (χ1v) is 8.04. The first kappa shape index (κ1) is 16.0. The molecule has 0 heterocycles. The van der Waals surface area contributed by atoms with Crippen LogP contribution in [0.15, 0.2) is 47.5 Å². The minimum absolute atomic E-state index is 0.0979. The van der Waals surface area contributed by atoms with Crippen molar-refractivity contribution in [1.82, 2.24) is 0 Å². The maximum Gasteiger partial charge on any atom is 0.269 e. The molecular weight excluding hydrogens is 304 g/mol. The minimum Gasteiger partial charge on any atom is -0.370 e. The molecule has 0 saturated heterocycles. The Morgan fingerprint density at radius 2 is 2.04 bits per heavy atom. The number of hydrogen-bond acceptors (Lipinski definition) is 3. The van der Waals surface area contributed by atoms with Gasteiger partial charge < -0.3 is 11.1 Å². The minimum atomic E-state index is -0.392. The van der Waals surface area contributed by atoms with Crippen LogP contribution in [0.5, 0.6) is 0 Å². The Morgan fingerprint density at radius 1 is 1.21 bits per heavy atom. The van der Waals surface area contributed by atoms with E-state index < -0.39 is 4.92 Å². The van der Waals surface area contributed by atoms with Gasteiger partial charge in [0.25, 0.3) is 5.69 Å². The maximum absolute atomic E-state index is 10.8. The van der Waals surface area contributed by atoms with E-state index in [2.05, 4.69) is 22.4 Å². The van der Waals surface area contributed by atoms with Gasteiger partial charge >= 0.3 is 0 Å². The zero-order valence-electron chi connectivity index (χ0n) is 13.4. The first-order chi connectivity index (χ1) is 11.6. The summed E-state index contributed by atoms with van der Waals surface area (Å²) in [5, 5.41) is 13.9. The van der Waals surface area contributed by atoms with Crippen molar-refractivity contribution in [2.24, 2.45) is 10.7 Å². The van der Waals surface area contributed by atoms with E-state index in [4.69, 9.17) is 5.73 Å². The molecule has 6 nitrogen and oxygen atoms in total. The Hall–Kier alpha value is -2.89. The number of aliphatic imine (C=N–C) groups is 1. The molecule has 2 aromatic carbocycles. The lowest BCUT2D eigenvalue weighted by Crippen LogP contribution is -2.23. The molecule has 0 unspecified atom stereocenters. The molecule has 2 aromatic rings. The highest BCUT2D eigenvalue weighted by molar-refractivity contribution is 5.92. The molecule has 0 atom stereocenters. The zero-order chi connectivity index (χ0) is 16.9. The SMILES string of the molecule is NC(=NCCc1cccc([N+](=O)[O-])c1)Nc1ccc2c(c1)CCC2. The van der Waals surface area contributed by atoms with Gasteiger partial charge in [0.15, 0.2) is 5.96 Å². The van der Waals surface area contributed by atoms with Crippen molar-refractivity contribution in [3.63, 3.8) is 0 Å². The molecule has 6 heteroatoms. The number of guanidine groups is 1. The summed E-state index contributed by atoms with van der Waals surface area (Å²) >= 11 is 0. The third-order valence-corrected chi connectivity index (χ3v) is 4.17. The van der Waals surface area contributed by atoms with Gasteiger partial charge in [-0.3, -0.25) is 15.1 Å². The van der Waals surface area contributed by atoms with Gasteiger partial charge in [0.1, 0.15) is 0 Å². The fraction of sp³-hybridized carbons (Fsp3) is 0.278. The number of nitrogens with two attached hydrogens (primary N) is 1. The summed E-state index contributed by atoms with van der Waals surface area (Å²) in [6, 6.07) is 12.9. The predicted molar refractivity (Wildman–Crippen MR) is 95.4 cm³/mol. The van der Waals surface area contributed by atoms with Crippen LogP contribution in [0, 0.1) is 10.1 Å². The third kappa shape index (κ3) is 3.90. The molecule has 124 valence electrons. The average Bonchev–Trinajstić information content (AvgIpc) is 3.03. The molecule has 0 saturated carbocycles. The molecular formula is C18H20N4O2. The largest absolute Gasteiger partial charge is 0.370 e. The summed E-state index contributed by atoms with van der Waals surface area (Å²) in [5.41, 5.74) is 10.6. The number of nitro benzene ring substituents is 1. The van der Waals surface area contributed by atoms with Crippen LogP contribution in [0.3, 0.4) is 0 Å². The van der Waals surface area contributed by atoms with Crippen LogP contribution in [0.4, 0.5) is 11.4 Å². The summed E-state index contributed by atoms with van der Waals surface area (Å²) in [6.45, 7) is 0.477. The molecule has 0 amide bonds. The van der Waals surface area contributed by atoms with E-state index in [-0.39, 0.29) is 5.69 Å². The van der Waals surface area contributed by atoms with E-state index in [1.54, 1.807) is 12.1 Å². The number of nitro groups is 1. The summed E-state index contributed by atoms with van der Waals surface area (Å²) in [5.74, 6) is 0.360. The second-order valence-electron chi connectivity index (χ2n) is 5.91. The van der Waals surface area contributed by atoms with Gasteiger partial charge in [-0.1, -0.05) is 18.2 Å². The lowest BCUT2D eigenvalue weighted by atomic mass is 10.1. The standard InChI is InChI=1S/C18H20N4O2/c19-18(21-16-8-7-14-4-2-5-15(14)12-16)20-10-9-13-3-1-6-17(11-13)22(23)24/h1,3,6-8,11-12H,2,4-5,9-10H2,(H3,19,20,21). The van der Waals surface area contributed by atoms with E-state index in [1.807, 2.05) is 12.1 Å². The Bertz CT molecular complexity index is 786. The summed E-state index contributed by atoms with van der Waals surface area (Å²) in [4.78, 5) is 14.7. The fourth-order valence-corrected chi connectivity index (χ4v) is 2.97. The number of benzene rings is 2. The molecule has 1 aliphatic rings. The summed E-state index contributed by atoms with van der Waals surface area (Å²) in [6.07, 6.45) is 4.09. The Kier molecular flexibility index (Phi) is 4.74. The van der Waals surface area contributed by atoms with Gasteiger partial charge in [0, 0.05) is 24.4 Å². The van der Waals surface area contributed by atoms with Crippen LogP contribution >= 0.6 is 0 Å². The molecule has 0 radical (unpaired) electrons. The van der Waals surface area contributed by atoms with E-state index in [1.165, 1.54) is 23.6 Å². The fourth-order valence-electron chi connectivity index (χ4n) is 2.97. The average molecular weight is 324 g/mol. The number of aryl methyl sites for hydroxylation is 2. The van der Waals surface area contributed by atoms with Gasteiger partial charge in [-0.05, 0) is 54.5 Å². The maximum atomic E-state index is 10.8. The molecule has 0 fully saturated rings. The number of fused-ring (bicyclic) bond motifs is 1. The monoisotopic (exact) mass is 324 g/mol. The van der Waals surface area contributed by atoms with Crippen LogP contribution in [-0.4, -0.2) is 17.4 Å². The summed E-state index contributed by atoms with van der Waals surface area (Å²) in [7, 11) is 0. The van der Waals surface area contributed by atoms with Crippen molar-refractivity contribution in [1.29, 1.82) is 0 Å². The van der Waals surface area contributed by atoms with Crippen molar-refractivity contribution in [2.75, 3.05) is 11.9 Å². The number of nitrogens with one attached hydrogen (secondary N) is 1. The van der Waals surface area contributed by atoms with Crippen LogP contribution < -0.4 is 11.1 Å². The Labute approximate surface area is 140 Å². The van der Waals surface area contributed by atoms with E-state index in [9.17, 15) is 10.1 Å². The lowest BCUT2D eigenvalue weighted by Gasteiger charge is -2.08. The predicted octanol–water partition coefficient (Wildman–Crippen LogP) is 3.05. The van der Waals surface area contributed by atoms with Crippen LogP contribution in [0.25, 0.3) is 0 Å². The van der Waals surface area contributed by atoms with Gasteiger partial charge in [0.2, 0.25) is 0 Å². The smallest absolute Gasteiger partial charge is 0.269 e. The summed E-state index contributed by atoms with van der Waals surface area (Å²) < 4.78 is 0. The van der Waals surface area contributed by atoms with E-state index in [0.29, 0.717) is 18.9 Å². The van der Waals surface area contributed by atoms with Gasteiger partial charge in [-0.25, -0.2) is 0 Å². The van der Waals surface area contributed by atoms with Gasteiger partial charge in [-0.15, -0.1) is 0 Å².